The van der Waals surface area contributed by atoms with Gasteiger partial charge in [0.25, 0.3) is 15.9 Å². The molecule has 174 valence electrons. The van der Waals surface area contributed by atoms with E-state index in [1.54, 1.807) is 25.1 Å². The van der Waals surface area contributed by atoms with Gasteiger partial charge in [0.05, 0.1) is 16.9 Å². The maximum Gasteiger partial charge on any atom is 0.264 e. The number of hydrogen-bond donors (Lipinski definition) is 1. The van der Waals surface area contributed by atoms with Crippen molar-refractivity contribution < 1.29 is 22.7 Å². The normalized spacial score (nSPS) is 23.0. The molecule has 0 spiro atoms. The zero-order chi connectivity index (χ0) is 23.4. The SMILES string of the molecule is CC1(C(=O)NS(=O)(=O)c2ccc3c(c2)CCO3)CCN1C(=O)C1(c2ccc(Cl)cc2)CCC1. The van der Waals surface area contributed by atoms with Gasteiger partial charge in [-0.3, -0.25) is 9.59 Å². The fraction of sp³-hybridized carbons (Fsp3) is 0.417. The van der Waals surface area contributed by atoms with Gasteiger partial charge in [-0.25, -0.2) is 13.1 Å². The number of halogens is 1. The molecule has 9 heteroatoms. The summed E-state index contributed by atoms with van der Waals surface area (Å²) in [6.45, 7) is 2.55. The average Bonchev–Trinajstić information content (AvgIpc) is 3.20. The van der Waals surface area contributed by atoms with E-state index < -0.39 is 26.9 Å². The molecule has 1 saturated heterocycles. The molecule has 5 rings (SSSR count). The summed E-state index contributed by atoms with van der Waals surface area (Å²) in [6.07, 6.45) is 3.32. The van der Waals surface area contributed by atoms with Gasteiger partial charge < -0.3 is 9.64 Å². The number of sulfonamides is 1. The van der Waals surface area contributed by atoms with Gasteiger partial charge in [0.15, 0.2) is 0 Å². The maximum atomic E-state index is 13.6. The number of amides is 2. The highest BCUT2D eigenvalue weighted by atomic mass is 35.5. The molecule has 3 aliphatic rings. The van der Waals surface area contributed by atoms with Gasteiger partial charge >= 0.3 is 0 Å². The van der Waals surface area contributed by atoms with Crippen molar-refractivity contribution in [3.63, 3.8) is 0 Å². The lowest BCUT2D eigenvalue weighted by molar-refractivity contribution is -0.163. The number of nitrogens with zero attached hydrogens (tertiary/aromatic N) is 1. The molecular formula is C24H25ClN2O5S. The van der Waals surface area contributed by atoms with Crippen LogP contribution in [-0.4, -0.2) is 43.8 Å². The molecule has 0 radical (unpaired) electrons. The first-order valence-corrected chi connectivity index (χ1v) is 12.9. The van der Waals surface area contributed by atoms with Gasteiger partial charge in [-0.1, -0.05) is 30.2 Å². The van der Waals surface area contributed by atoms with Crippen molar-refractivity contribution in [1.82, 2.24) is 9.62 Å². The van der Waals surface area contributed by atoms with Crippen LogP contribution in [0.1, 0.15) is 43.7 Å². The summed E-state index contributed by atoms with van der Waals surface area (Å²) in [5.74, 6) is -0.160. The van der Waals surface area contributed by atoms with Crippen LogP contribution >= 0.6 is 11.6 Å². The lowest BCUT2D eigenvalue weighted by Gasteiger charge is -2.54. The standard InChI is InChI=1S/C24H25ClN2O5S/c1-23(21(28)26-33(30,31)19-7-8-20-16(15-19)9-14-32-20)12-13-27(23)22(29)24(10-2-11-24)17-3-5-18(25)6-4-17/h3-8,15H,2,9-14H2,1H3,(H,26,28). The number of ether oxygens (including phenoxy) is 1. The highest BCUT2D eigenvalue weighted by Crippen LogP contribution is 2.48. The second kappa shape index (κ2) is 7.74. The largest absolute Gasteiger partial charge is 0.493 e. The van der Waals surface area contributed by atoms with Crippen LogP contribution in [0, 0.1) is 0 Å². The van der Waals surface area contributed by atoms with E-state index in [2.05, 4.69) is 4.72 Å². The molecular weight excluding hydrogens is 464 g/mol. The quantitative estimate of drug-likeness (QED) is 0.697. The summed E-state index contributed by atoms with van der Waals surface area (Å²) in [6, 6.07) is 11.8. The summed E-state index contributed by atoms with van der Waals surface area (Å²) in [5.41, 5.74) is -0.234. The molecule has 33 heavy (non-hydrogen) atoms. The van der Waals surface area contributed by atoms with Crippen LogP contribution in [0.15, 0.2) is 47.4 Å². The average molecular weight is 489 g/mol. The first-order chi connectivity index (χ1) is 15.7. The van der Waals surface area contributed by atoms with Crippen LogP contribution in [0.4, 0.5) is 0 Å². The Labute approximate surface area is 198 Å². The van der Waals surface area contributed by atoms with Gasteiger partial charge in [-0.15, -0.1) is 0 Å². The lowest BCUT2D eigenvalue weighted by atomic mass is 9.62. The minimum Gasteiger partial charge on any atom is -0.493 e. The summed E-state index contributed by atoms with van der Waals surface area (Å²) in [5, 5.41) is 0.595. The zero-order valence-corrected chi connectivity index (χ0v) is 19.8. The van der Waals surface area contributed by atoms with E-state index in [0.29, 0.717) is 49.6 Å². The maximum absolute atomic E-state index is 13.6. The summed E-state index contributed by atoms with van der Waals surface area (Å²) >= 11 is 6.02. The third kappa shape index (κ3) is 3.51. The van der Waals surface area contributed by atoms with E-state index in [4.69, 9.17) is 16.3 Å². The fourth-order valence-electron chi connectivity index (χ4n) is 4.93. The van der Waals surface area contributed by atoms with Crippen molar-refractivity contribution in [2.45, 2.75) is 54.9 Å². The van der Waals surface area contributed by atoms with Gasteiger partial charge in [0, 0.05) is 18.0 Å². The minimum atomic E-state index is -4.08. The highest BCUT2D eigenvalue weighted by Gasteiger charge is 2.57. The van der Waals surface area contributed by atoms with Crippen LogP contribution in [0.2, 0.25) is 5.02 Å². The molecule has 1 aliphatic carbocycles. The molecule has 1 unspecified atom stereocenters. The Morgan fingerprint density at radius 1 is 1.09 bits per heavy atom. The van der Waals surface area contributed by atoms with E-state index in [0.717, 1.165) is 17.5 Å². The van der Waals surface area contributed by atoms with Gasteiger partial charge in [-0.2, -0.15) is 0 Å². The topological polar surface area (TPSA) is 92.8 Å². The number of nitrogens with one attached hydrogen (secondary N) is 1. The van der Waals surface area contributed by atoms with Crippen molar-refractivity contribution >= 4 is 33.4 Å². The molecule has 2 fully saturated rings. The Morgan fingerprint density at radius 2 is 1.82 bits per heavy atom. The Morgan fingerprint density at radius 3 is 2.42 bits per heavy atom. The van der Waals surface area contributed by atoms with Crippen LogP contribution in [0.5, 0.6) is 5.75 Å². The van der Waals surface area contributed by atoms with Crippen molar-refractivity contribution in [2.75, 3.05) is 13.2 Å². The Hall–Kier alpha value is -2.58. The van der Waals surface area contributed by atoms with Crippen LogP contribution in [0.25, 0.3) is 0 Å². The van der Waals surface area contributed by atoms with Crippen LogP contribution < -0.4 is 9.46 Å². The number of likely N-dealkylation sites (tertiary alicyclic amines) is 1. The monoisotopic (exact) mass is 488 g/mol. The van der Waals surface area contributed by atoms with E-state index in [-0.39, 0.29) is 10.8 Å². The second-order valence-corrected chi connectivity index (χ2v) is 11.3. The fourth-order valence-corrected chi connectivity index (χ4v) is 6.18. The van der Waals surface area contributed by atoms with Gasteiger partial charge in [0.2, 0.25) is 5.91 Å². The van der Waals surface area contributed by atoms with Crippen LogP contribution in [0.3, 0.4) is 0 Å². The zero-order valence-electron chi connectivity index (χ0n) is 18.3. The molecule has 0 aromatic heterocycles. The Kier molecular flexibility index (Phi) is 5.21. The van der Waals surface area contributed by atoms with Gasteiger partial charge in [-0.05, 0) is 67.6 Å². The molecule has 2 heterocycles. The molecule has 2 amide bonds. The molecule has 2 aliphatic heterocycles. The smallest absolute Gasteiger partial charge is 0.264 e. The summed E-state index contributed by atoms with van der Waals surface area (Å²) < 4.78 is 33.5. The predicted molar refractivity (Wildman–Crippen MR) is 123 cm³/mol. The van der Waals surface area contributed by atoms with E-state index >= 15 is 0 Å². The molecule has 2 aromatic rings. The third-order valence-corrected chi connectivity index (χ3v) is 8.94. The minimum absolute atomic E-state index is 0.0116. The molecule has 0 bridgehead atoms. The predicted octanol–water partition coefficient (Wildman–Crippen LogP) is 3.19. The Bertz CT molecular complexity index is 1240. The molecule has 2 aromatic carbocycles. The number of benzene rings is 2. The van der Waals surface area contributed by atoms with Crippen molar-refractivity contribution in [1.29, 1.82) is 0 Å². The lowest BCUT2D eigenvalue weighted by Crippen LogP contribution is -2.71. The highest BCUT2D eigenvalue weighted by molar-refractivity contribution is 7.90. The van der Waals surface area contributed by atoms with Crippen molar-refractivity contribution in [3.8, 4) is 5.75 Å². The van der Waals surface area contributed by atoms with Gasteiger partial charge in [0.1, 0.15) is 11.3 Å². The summed E-state index contributed by atoms with van der Waals surface area (Å²) in [4.78, 5) is 28.4. The van der Waals surface area contributed by atoms with E-state index in [1.165, 1.54) is 17.0 Å². The number of carbonyl (C=O) groups is 2. The Balaban J connectivity index is 1.36. The first-order valence-electron chi connectivity index (χ1n) is 11.1. The van der Waals surface area contributed by atoms with E-state index in [1.807, 2.05) is 12.1 Å². The molecule has 7 nitrogen and oxygen atoms in total. The van der Waals surface area contributed by atoms with Crippen LogP contribution in [-0.2, 0) is 31.4 Å². The van der Waals surface area contributed by atoms with Crippen molar-refractivity contribution in [2.24, 2.45) is 0 Å². The summed E-state index contributed by atoms with van der Waals surface area (Å²) in [7, 11) is -4.08. The van der Waals surface area contributed by atoms with E-state index in [9.17, 15) is 18.0 Å². The number of fused-ring (bicyclic) bond motifs is 1. The first kappa shape index (κ1) is 22.2. The number of carbonyl (C=O) groups excluding carboxylic acids is 2. The number of hydrogen-bond acceptors (Lipinski definition) is 5. The third-order valence-electron chi connectivity index (χ3n) is 7.36. The molecule has 1 N–H and O–H groups in total. The van der Waals surface area contributed by atoms with Crippen molar-refractivity contribution in [3.05, 3.63) is 58.6 Å². The molecule has 1 saturated carbocycles. The number of rotatable bonds is 5. The molecule has 1 atom stereocenters. The second-order valence-electron chi connectivity index (χ2n) is 9.23.